The Bertz CT molecular complexity index is 585. The van der Waals surface area contributed by atoms with Crippen molar-refractivity contribution >= 4 is 34.8 Å². The molecule has 1 fully saturated rings. The Labute approximate surface area is 125 Å². The molecule has 0 bridgehead atoms. The molecule has 1 amide bonds. The highest BCUT2D eigenvalue weighted by Crippen LogP contribution is 2.34. The van der Waals surface area contributed by atoms with Gasteiger partial charge < -0.3 is 10.0 Å². The predicted octanol–water partition coefficient (Wildman–Crippen LogP) is 2.50. The first kappa shape index (κ1) is 15.0. The third-order valence-corrected chi connectivity index (χ3v) is 4.16. The van der Waals surface area contributed by atoms with Gasteiger partial charge in [0.15, 0.2) is 0 Å². The fourth-order valence-corrected chi connectivity index (χ4v) is 2.44. The molecule has 1 N–H and O–H groups in total. The van der Waals surface area contributed by atoms with E-state index >= 15 is 0 Å². The van der Waals surface area contributed by atoms with Crippen molar-refractivity contribution in [2.24, 2.45) is 0 Å². The van der Waals surface area contributed by atoms with Gasteiger partial charge in [0.2, 0.25) is 0 Å². The first-order chi connectivity index (χ1) is 9.27. The molecule has 2 rings (SSSR count). The van der Waals surface area contributed by atoms with Crippen LogP contribution in [-0.4, -0.2) is 39.5 Å². The third kappa shape index (κ3) is 2.59. The highest BCUT2D eigenvalue weighted by atomic mass is 35.5. The number of β-amino-alcohol motifs (C(OH)–C–C–N with tert-alkyl or cyclic N) is 1. The van der Waals surface area contributed by atoms with Crippen LogP contribution in [0.25, 0.3) is 0 Å². The maximum Gasteiger partial charge on any atom is 0.290 e. The van der Waals surface area contributed by atoms with Crippen LogP contribution in [0.3, 0.4) is 0 Å². The van der Waals surface area contributed by atoms with Crippen LogP contribution in [-0.2, 0) is 0 Å². The van der Waals surface area contributed by atoms with E-state index in [1.807, 2.05) is 6.92 Å². The molecule has 6 nitrogen and oxygen atoms in total. The molecule has 0 saturated carbocycles. The summed E-state index contributed by atoms with van der Waals surface area (Å²) in [5, 5.41) is 20.5. The Morgan fingerprint density at radius 2 is 2.10 bits per heavy atom. The summed E-state index contributed by atoms with van der Waals surface area (Å²) >= 11 is 11.5. The summed E-state index contributed by atoms with van der Waals surface area (Å²) < 4.78 is 0. The fraction of sp³-hybridized carbons (Fsp3) is 0.417. The van der Waals surface area contributed by atoms with Gasteiger partial charge in [-0.25, -0.2) is 0 Å². The largest absolute Gasteiger partial charge is 0.386 e. The molecule has 1 aliphatic heterocycles. The number of rotatable bonds is 3. The Morgan fingerprint density at radius 3 is 2.60 bits per heavy atom. The van der Waals surface area contributed by atoms with E-state index in [4.69, 9.17) is 23.2 Å². The molecule has 0 unspecified atom stereocenters. The molecule has 8 heteroatoms. The summed E-state index contributed by atoms with van der Waals surface area (Å²) in [7, 11) is 0. The monoisotopic (exact) mass is 318 g/mol. The van der Waals surface area contributed by atoms with Crippen LogP contribution >= 0.6 is 23.2 Å². The molecule has 1 aromatic rings. The van der Waals surface area contributed by atoms with Crippen LogP contribution in [0.4, 0.5) is 5.69 Å². The van der Waals surface area contributed by atoms with Crippen molar-refractivity contribution in [1.29, 1.82) is 0 Å². The van der Waals surface area contributed by atoms with Crippen molar-refractivity contribution in [2.45, 2.75) is 18.9 Å². The standard InChI is InChI=1S/C12H12Cl2N2O4/c1-2-12(18)5-15(6-12)11(17)7-3-8(13)10(14)9(4-7)16(19)20/h3-4,18H,2,5-6H2,1H3. The van der Waals surface area contributed by atoms with Gasteiger partial charge in [-0.2, -0.15) is 0 Å². The van der Waals surface area contributed by atoms with Gasteiger partial charge in [-0.3, -0.25) is 14.9 Å². The number of benzene rings is 1. The average Bonchev–Trinajstić information content (AvgIpc) is 2.36. The van der Waals surface area contributed by atoms with Crippen LogP contribution in [0.1, 0.15) is 23.7 Å². The Balaban J connectivity index is 2.26. The summed E-state index contributed by atoms with van der Waals surface area (Å²) in [5.74, 6) is -0.412. The summed E-state index contributed by atoms with van der Waals surface area (Å²) in [6.07, 6.45) is 0.540. The van der Waals surface area contributed by atoms with Crippen LogP contribution in [0.15, 0.2) is 12.1 Å². The van der Waals surface area contributed by atoms with Gasteiger partial charge in [-0.1, -0.05) is 30.1 Å². The minimum absolute atomic E-state index is 0.0458. The number of nitrogens with zero attached hydrogens (tertiary/aromatic N) is 2. The number of carbonyl (C=O) groups is 1. The van der Waals surface area contributed by atoms with Gasteiger partial charge in [0.25, 0.3) is 11.6 Å². The van der Waals surface area contributed by atoms with Crippen LogP contribution in [0.5, 0.6) is 0 Å². The third-order valence-electron chi connectivity index (χ3n) is 3.37. The van der Waals surface area contributed by atoms with Crippen molar-refractivity contribution in [3.05, 3.63) is 37.9 Å². The predicted molar refractivity (Wildman–Crippen MR) is 74.3 cm³/mol. The zero-order chi connectivity index (χ0) is 15.1. The zero-order valence-electron chi connectivity index (χ0n) is 10.6. The zero-order valence-corrected chi connectivity index (χ0v) is 12.1. The number of nitro groups is 1. The molecule has 20 heavy (non-hydrogen) atoms. The number of halogens is 2. The quantitative estimate of drug-likeness (QED) is 0.685. The smallest absolute Gasteiger partial charge is 0.290 e. The molecule has 0 spiro atoms. The van der Waals surface area contributed by atoms with Crippen molar-refractivity contribution in [3.8, 4) is 0 Å². The molecule has 0 aromatic heterocycles. The van der Waals surface area contributed by atoms with Crippen molar-refractivity contribution in [1.82, 2.24) is 4.90 Å². The SMILES string of the molecule is CCC1(O)CN(C(=O)c2cc(Cl)c(Cl)c([N+](=O)[O-])c2)C1. The molecule has 0 aliphatic carbocycles. The molecule has 0 atom stereocenters. The van der Waals surface area contributed by atoms with Crippen LogP contribution in [0.2, 0.25) is 10.0 Å². The number of amides is 1. The van der Waals surface area contributed by atoms with Gasteiger partial charge in [0.1, 0.15) is 5.02 Å². The lowest BCUT2D eigenvalue weighted by Crippen LogP contribution is -2.63. The second-order valence-corrected chi connectivity index (χ2v) is 5.57. The first-order valence-corrected chi connectivity index (χ1v) is 6.68. The fourth-order valence-electron chi connectivity index (χ4n) is 2.04. The number of likely N-dealkylation sites (tertiary alicyclic amines) is 1. The second-order valence-electron chi connectivity index (χ2n) is 4.79. The molecule has 1 saturated heterocycles. The number of nitro benzene ring substituents is 1. The summed E-state index contributed by atoms with van der Waals surface area (Å²) in [6.45, 7) is 2.23. The van der Waals surface area contributed by atoms with Gasteiger partial charge in [-0.05, 0) is 12.5 Å². The summed E-state index contributed by atoms with van der Waals surface area (Å²) in [5.41, 5.74) is -1.18. The highest BCUT2D eigenvalue weighted by Gasteiger charge is 2.42. The molecular formula is C12H12Cl2N2O4. The van der Waals surface area contributed by atoms with Crippen molar-refractivity contribution in [2.75, 3.05) is 13.1 Å². The first-order valence-electron chi connectivity index (χ1n) is 5.92. The van der Waals surface area contributed by atoms with Gasteiger partial charge >= 0.3 is 0 Å². The molecule has 1 aliphatic rings. The normalized spacial score (nSPS) is 16.7. The van der Waals surface area contributed by atoms with E-state index in [1.54, 1.807) is 0 Å². The lowest BCUT2D eigenvalue weighted by atomic mass is 9.90. The maximum absolute atomic E-state index is 12.2. The van der Waals surface area contributed by atoms with E-state index in [0.717, 1.165) is 6.07 Å². The van der Waals surface area contributed by atoms with Crippen LogP contribution in [0, 0.1) is 10.1 Å². The maximum atomic E-state index is 12.2. The Kier molecular flexibility index (Phi) is 3.90. The Hall–Kier alpha value is -1.37. The number of carbonyl (C=O) groups excluding carboxylic acids is 1. The number of hydrogen-bond donors (Lipinski definition) is 1. The van der Waals surface area contributed by atoms with Gasteiger partial charge in [0, 0.05) is 11.6 Å². The topological polar surface area (TPSA) is 83.7 Å². The van der Waals surface area contributed by atoms with E-state index in [1.165, 1.54) is 11.0 Å². The minimum Gasteiger partial charge on any atom is -0.386 e. The molecular weight excluding hydrogens is 307 g/mol. The second kappa shape index (κ2) is 5.20. The van der Waals surface area contributed by atoms with Crippen LogP contribution < -0.4 is 0 Å². The van der Waals surface area contributed by atoms with E-state index in [9.17, 15) is 20.0 Å². The van der Waals surface area contributed by atoms with Gasteiger partial charge in [-0.15, -0.1) is 0 Å². The highest BCUT2D eigenvalue weighted by molar-refractivity contribution is 6.43. The number of aliphatic hydroxyl groups is 1. The minimum atomic E-state index is -0.863. The number of hydrogen-bond acceptors (Lipinski definition) is 4. The molecule has 1 heterocycles. The van der Waals surface area contributed by atoms with E-state index in [0.29, 0.717) is 6.42 Å². The van der Waals surface area contributed by atoms with Crippen molar-refractivity contribution in [3.63, 3.8) is 0 Å². The Morgan fingerprint density at radius 1 is 1.50 bits per heavy atom. The summed E-state index contributed by atoms with van der Waals surface area (Å²) in [6, 6.07) is 2.39. The average molecular weight is 319 g/mol. The van der Waals surface area contributed by atoms with E-state index in [-0.39, 0.29) is 28.7 Å². The molecule has 1 aromatic carbocycles. The van der Waals surface area contributed by atoms with Crippen molar-refractivity contribution < 1.29 is 14.8 Å². The van der Waals surface area contributed by atoms with E-state index in [2.05, 4.69) is 0 Å². The van der Waals surface area contributed by atoms with Gasteiger partial charge in [0.05, 0.1) is 28.6 Å². The molecule has 108 valence electrons. The lowest BCUT2D eigenvalue weighted by molar-refractivity contribution is -0.384. The summed E-state index contributed by atoms with van der Waals surface area (Å²) in [4.78, 5) is 23.7. The molecule has 0 radical (unpaired) electrons. The van der Waals surface area contributed by atoms with E-state index < -0.39 is 22.1 Å². The lowest BCUT2D eigenvalue weighted by Gasteiger charge is -2.46.